The Labute approximate surface area is 113 Å². The van der Waals surface area contributed by atoms with E-state index in [0.717, 1.165) is 37.1 Å². The molecule has 1 aromatic rings. The lowest BCUT2D eigenvalue weighted by Gasteiger charge is -2.34. The molecule has 0 aliphatic carbocycles. The molecule has 0 saturated carbocycles. The smallest absolute Gasteiger partial charge is 0.170 e. The number of aryl methyl sites for hydroxylation is 1. The van der Waals surface area contributed by atoms with Gasteiger partial charge >= 0.3 is 0 Å². The summed E-state index contributed by atoms with van der Waals surface area (Å²) in [6.07, 6.45) is 2.49. The predicted molar refractivity (Wildman–Crippen MR) is 75.9 cm³/mol. The highest BCUT2D eigenvalue weighted by atomic mass is 16.5. The van der Waals surface area contributed by atoms with E-state index in [1.54, 1.807) is 7.11 Å². The molecule has 1 aliphatic heterocycles. The summed E-state index contributed by atoms with van der Waals surface area (Å²) in [5.74, 6) is 0.146. The van der Waals surface area contributed by atoms with E-state index in [-0.39, 0.29) is 5.84 Å². The average molecular weight is 263 g/mol. The van der Waals surface area contributed by atoms with E-state index in [0.29, 0.717) is 6.10 Å². The molecule has 1 aliphatic rings. The Balaban J connectivity index is 2.14. The summed E-state index contributed by atoms with van der Waals surface area (Å²) in [4.78, 5) is 2.36. The maximum absolute atomic E-state index is 8.69. The third kappa shape index (κ3) is 2.98. The quantitative estimate of drug-likeness (QED) is 0.377. The minimum Gasteiger partial charge on any atom is -0.409 e. The maximum atomic E-state index is 8.69. The summed E-state index contributed by atoms with van der Waals surface area (Å²) in [7, 11) is 1.78. The van der Waals surface area contributed by atoms with Crippen molar-refractivity contribution in [1.29, 1.82) is 0 Å². The highest BCUT2D eigenvalue weighted by molar-refractivity contribution is 5.97. The van der Waals surface area contributed by atoms with Gasteiger partial charge in [-0.15, -0.1) is 0 Å². The summed E-state index contributed by atoms with van der Waals surface area (Å²) in [6.45, 7) is 4.05. The van der Waals surface area contributed by atoms with Gasteiger partial charge in [-0.05, 0) is 43.5 Å². The van der Waals surface area contributed by atoms with Crippen molar-refractivity contribution in [2.75, 3.05) is 25.1 Å². The van der Waals surface area contributed by atoms with Crippen LogP contribution in [0.3, 0.4) is 0 Å². The molecular formula is C14H21N3O2. The van der Waals surface area contributed by atoms with Crippen molar-refractivity contribution in [3.63, 3.8) is 0 Å². The summed E-state index contributed by atoms with van der Waals surface area (Å²) >= 11 is 0. The van der Waals surface area contributed by atoms with Crippen molar-refractivity contribution in [2.45, 2.75) is 25.9 Å². The second kappa shape index (κ2) is 5.93. The largest absolute Gasteiger partial charge is 0.409 e. The molecule has 0 unspecified atom stereocenters. The zero-order valence-electron chi connectivity index (χ0n) is 11.5. The summed E-state index contributed by atoms with van der Waals surface area (Å²) in [5, 5.41) is 11.7. The molecule has 104 valence electrons. The number of hydrogen-bond donors (Lipinski definition) is 2. The predicted octanol–water partition coefficient (Wildman–Crippen LogP) is 1.70. The lowest BCUT2D eigenvalue weighted by Crippen LogP contribution is -2.37. The van der Waals surface area contributed by atoms with E-state index in [1.807, 2.05) is 25.1 Å². The third-order valence-electron chi connectivity index (χ3n) is 3.72. The third-order valence-corrected chi connectivity index (χ3v) is 3.72. The first-order valence-corrected chi connectivity index (χ1v) is 6.52. The van der Waals surface area contributed by atoms with Gasteiger partial charge in [-0.3, -0.25) is 0 Å². The van der Waals surface area contributed by atoms with Crippen molar-refractivity contribution in [3.8, 4) is 0 Å². The molecule has 1 fully saturated rings. The second-order valence-corrected chi connectivity index (χ2v) is 4.91. The van der Waals surface area contributed by atoms with E-state index in [1.165, 1.54) is 5.69 Å². The molecule has 3 N–H and O–H groups in total. The van der Waals surface area contributed by atoms with Gasteiger partial charge in [0.05, 0.1) is 6.10 Å². The Morgan fingerprint density at radius 1 is 1.42 bits per heavy atom. The van der Waals surface area contributed by atoms with E-state index in [2.05, 4.69) is 10.1 Å². The fourth-order valence-corrected chi connectivity index (χ4v) is 2.56. The van der Waals surface area contributed by atoms with Crippen molar-refractivity contribution in [1.82, 2.24) is 0 Å². The zero-order valence-corrected chi connectivity index (χ0v) is 11.5. The fraction of sp³-hybridized carbons (Fsp3) is 0.500. The van der Waals surface area contributed by atoms with Crippen LogP contribution in [0.2, 0.25) is 0 Å². The van der Waals surface area contributed by atoms with Crippen molar-refractivity contribution >= 4 is 11.5 Å². The molecule has 2 rings (SSSR count). The monoisotopic (exact) mass is 263 g/mol. The van der Waals surface area contributed by atoms with Crippen LogP contribution in [0.25, 0.3) is 0 Å². The number of nitrogens with two attached hydrogens (primary N) is 1. The number of nitrogens with zero attached hydrogens (tertiary/aromatic N) is 2. The molecule has 0 atom stereocenters. The zero-order chi connectivity index (χ0) is 13.8. The van der Waals surface area contributed by atoms with Crippen molar-refractivity contribution < 1.29 is 9.94 Å². The van der Waals surface area contributed by atoms with Crippen molar-refractivity contribution in [3.05, 3.63) is 29.3 Å². The van der Waals surface area contributed by atoms with E-state index in [9.17, 15) is 0 Å². The van der Waals surface area contributed by atoms with Crippen LogP contribution in [-0.4, -0.2) is 37.3 Å². The van der Waals surface area contributed by atoms with Gasteiger partial charge in [-0.2, -0.15) is 0 Å². The number of methoxy groups -OCH3 is 1. The van der Waals surface area contributed by atoms with Gasteiger partial charge in [0.2, 0.25) is 0 Å². The van der Waals surface area contributed by atoms with Crippen LogP contribution < -0.4 is 10.6 Å². The number of ether oxygens (including phenoxy) is 1. The lowest BCUT2D eigenvalue weighted by molar-refractivity contribution is 0.0819. The Kier molecular flexibility index (Phi) is 4.27. The Hall–Kier alpha value is -1.75. The Morgan fingerprint density at radius 3 is 2.63 bits per heavy atom. The summed E-state index contributed by atoms with van der Waals surface area (Å²) < 4.78 is 5.38. The molecule has 1 aromatic carbocycles. The second-order valence-electron chi connectivity index (χ2n) is 4.91. The summed E-state index contributed by atoms with van der Waals surface area (Å²) in [6, 6.07) is 5.88. The molecule has 1 heterocycles. The molecule has 1 saturated heterocycles. The fourth-order valence-electron chi connectivity index (χ4n) is 2.56. The molecule has 5 heteroatoms. The van der Waals surface area contributed by atoms with Gasteiger partial charge in [0.25, 0.3) is 0 Å². The molecule has 0 aromatic heterocycles. The van der Waals surface area contributed by atoms with E-state index >= 15 is 0 Å². The van der Waals surface area contributed by atoms with Crippen LogP contribution in [0.5, 0.6) is 0 Å². The minimum absolute atomic E-state index is 0.146. The number of anilines is 1. The number of benzene rings is 1. The van der Waals surface area contributed by atoms with Gasteiger partial charge in [0.1, 0.15) is 0 Å². The lowest BCUT2D eigenvalue weighted by atomic mass is 10.0. The van der Waals surface area contributed by atoms with Crippen LogP contribution in [-0.2, 0) is 4.74 Å². The first-order chi connectivity index (χ1) is 9.15. The first kappa shape index (κ1) is 13.7. The van der Waals surface area contributed by atoms with Crippen molar-refractivity contribution in [2.24, 2.45) is 10.9 Å². The molecular weight excluding hydrogens is 242 g/mol. The van der Waals surface area contributed by atoms with Crippen LogP contribution in [0.4, 0.5) is 5.69 Å². The number of amidine groups is 1. The van der Waals surface area contributed by atoms with Gasteiger partial charge in [0.15, 0.2) is 5.84 Å². The van der Waals surface area contributed by atoms with Crippen LogP contribution in [0.1, 0.15) is 24.0 Å². The van der Waals surface area contributed by atoms with E-state index in [4.69, 9.17) is 15.7 Å². The highest BCUT2D eigenvalue weighted by Gasteiger charge is 2.20. The standard InChI is InChI=1S/C14H21N3O2/c1-10-9-11(14(15)16-18)3-4-13(10)17-7-5-12(19-2)6-8-17/h3-4,9,12,18H,5-8H2,1-2H3,(H2,15,16). The summed E-state index contributed by atoms with van der Waals surface area (Å²) in [5.41, 5.74) is 8.69. The first-order valence-electron chi connectivity index (χ1n) is 6.52. The number of piperidine rings is 1. The van der Waals surface area contributed by atoms with Crippen LogP contribution in [0.15, 0.2) is 23.4 Å². The SMILES string of the molecule is COC1CCN(c2ccc(/C(N)=N/O)cc2C)CC1. The minimum atomic E-state index is 0.146. The highest BCUT2D eigenvalue weighted by Crippen LogP contribution is 2.25. The normalized spacial score (nSPS) is 17.8. The van der Waals surface area contributed by atoms with E-state index < -0.39 is 0 Å². The topological polar surface area (TPSA) is 71.1 Å². The van der Waals surface area contributed by atoms with Gasteiger partial charge < -0.3 is 20.6 Å². The number of rotatable bonds is 3. The van der Waals surface area contributed by atoms with Crippen LogP contribution >= 0.6 is 0 Å². The molecule has 19 heavy (non-hydrogen) atoms. The van der Waals surface area contributed by atoms with Gasteiger partial charge in [0, 0.05) is 31.5 Å². The van der Waals surface area contributed by atoms with Gasteiger partial charge in [-0.25, -0.2) is 0 Å². The molecule has 0 bridgehead atoms. The molecule has 0 spiro atoms. The van der Waals surface area contributed by atoms with Gasteiger partial charge in [-0.1, -0.05) is 5.16 Å². The van der Waals surface area contributed by atoms with Crippen LogP contribution in [0, 0.1) is 6.92 Å². The Bertz CT molecular complexity index is 466. The Morgan fingerprint density at radius 2 is 2.11 bits per heavy atom. The number of oxime groups is 1. The maximum Gasteiger partial charge on any atom is 0.170 e. The average Bonchev–Trinajstić information content (AvgIpc) is 2.46. The molecule has 0 amide bonds. The molecule has 5 nitrogen and oxygen atoms in total. The number of hydrogen-bond acceptors (Lipinski definition) is 4. The molecule has 0 radical (unpaired) electrons.